The van der Waals surface area contributed by atoms with Crippen LogP contribution in [0.15, 0.2) is 48.5 Å². The molecule has 1 unspecified atom stereocenters. The summed E-state index contributed by atoms with van der Waals surface area (Å²) in [5.74, 6) is 0.666. The summed E-state index contributed by atoms with van der Waals surface area (Å²) in [5.41, 5.74) is 1.41. The molecular formula is C31H41NO6. The van der Waals surface area contributed by atoms with Gasteiger partial charge in [0.1, 0.15) is 24.1 Å². The number of carbonyl (C=O) groups is 2. The lowest BCUT2D eigenvalue weighted by Gasteiger charge is -2.40. The van der Waals surface area contributed by atoms with Crippen LogP contribution in [0.5, 0.6) is 5.75 Å². The van der Waals surface area contributed by atoms with E-state index in [9.17, 15) is 19.8 Å². The third-order valence-electron chi connectivity index (χ3n) is 7.57. The lowest BCUT2D eigenvalue weighted by Crippen LogP contribution is -2.50. The number of piperidine rings is 1. The van der Waals surface area contributed by atoms with E-state index in [0.717, 1.165) is 24.8 Å². The zero-order valence-electron chi connectivity index (χ0n) is 22.8. The molecule has 2 fully saturated rings. The van der Waals surface area contributed by atoms with E-state index in [-0.39, 0.29) is 18.5 Å². The maximum atomic E-state index is 13.2. The lowest BCUT2D eigenvalue weighted by molar-refractivity contribution is -0.154. The number of ether oxygens (including phenoxy) is 2. The van der Waals surface area contributed by atoms with Crippen molar-refractivity contribution in [3.8, 4) is 5.75 Å². The van der Waals surface area contributed by atoms with E-state index in [1.165, 1.54) is 5.56 Å². The summed E-state index contributed by atoms with van der Waals surface area (Å²) in [6.07, 6.45) is 3.90. The summed E-state index contributed by atoms with van der Waals surface area (Å²) in [5, 5.41) is 20.5. The maximum Gasteiger partial charge on any atom is 0.306 e. The number of rotatable bonds is 9. The number of aryl methyl sites for hydroxylation is 1. The second kappa shape index (κ2) is 11.9. The van der Waals surface area contributed by atoms with Crippen LogP contribution in [0.2, 0.25) is 0 Å². The van der Waals surface area contributed by atoms with Gasteiger partial charge in [0.15, 0.2) is 0 Å². The molecule has 1 heterocycles. The van der Waals surface area contributed by atoms with Gasteiger partial charge in [0, 0.05) is 25.1 Å². The Hall–Kier alpha value is -2.90. The first-order valence-corrected chi connectivity index (χ1v) is 13.8. The molecule has 38 heavy (non-hydrogen) atoms. The predicted molar refractivity (Wildman–Crippen MR) is 145 cm³/mol. The SMILES string of the molecule is CC(C)(C)OC(=O)CCc1cccc(C2CCN(C(=O)c3cccc(OCC(O)C4(O)CCC4)c3)CC2)c1. The first-order chi connectivity index (χ1) is 18.0. The minimum Gasteiger partial charge on any atom is -0.491 e. The van der Waals surface area contributed by atoms with E-state index in [4.69, 9.17) is 9.47 Å². The van der Waals surface area contributed by atoms with E-state index in [0.29, 0.717) is 56.0 Å². The van der Waals surface area contributed by atoms with Gasteiger partial charge in [0.05, 0.1) is 5.60 Å². The molecule has 1 amide bonds. The van der Waals surface area contributed by atoms with Crippen LogP contribution in [0.25, 0.3) is 0 Å². The van der Waals surface area contributed by atoms with Gasteiger partial charge in [-0.15, -0.1) is 0 Å². The first-order valence-electron chi connectivity index (χ1n) is 13.8. The Balaban J connectivity index is 1.28. The van der Waals surface area contributed by atoms with Crippen LogP contribution < -0.4 is 4.74 Å². The number of benzene rings is 2. The second-order valence-electron chi connectivity index (χ2n) is 11.7. The second-order valence-corrected chi connectivity index (χ2v) is 11.7. The van der Waals surface area contributed by atoms with Crippen LogP contribution in [0, 0.1) is 0 Å². The molecule has 0 bridgehead atoms. The summed E-state index contributed by atoms with van der Waals surface area (Å²) in [6, 6.07) is 15.4. The maximum absolute atomic E-state index is 13.2. The molecule has 2 N–H and O–H groups in total. The number of carbonyl (C=O) groups excluding carboxylic acids is 2. The number of hydrogen-bond donors (Lipinski definition) is 2. The Morgan fingerprint density at radius 2 is 1.79 bits per heavy atom. The van der Waals surface area contributed by atoms with Crippen molar-refractivity contribution >= 4 is 11.9 Å². The van der Waals surface area contributed by atoms with E-state index in [2.05, 4.69) is 12.1 Å². The minimum atomic E-state index is -1.05. The van der Waals surface area contributed by atoms with Crippen molar-refractivity contribution in [3.05, 3.63) is 65.2 Å². The van der Waals surface area contributed by atoms with Crippen LogP contribution in [0.1, 0.15) is 86.7 Å². The Morgan fingerprint density at radius 3 is 2.45 bits per heavy atom. The molecule has 0 spiro atoms. The van der Waals surface area contributed by atoms with Crippen LogP contribution in [0.4, 0.5) is 0 Å². The molecule has 2 aliphatic rings. The molecule has 4 rings (SSSR count). The Labute approximate surface area is 225 Å². The summed E-state index contributed by atoms with van der Waals surface area (Å²) in [7, 11) is 0. The smallest absolute Gasteiger partial charge is 0.306 e. The zero-order chi connectivity index (χ0) is 27.3. The molecule has 2 aromatic rings. The number of aliphatic hydroxyl groups excluding tert-OH is 1. The Bertz CT molecular complexity index is 1110. The molecular weight excluding hydrogens is 482 g/mol. The standard InChI is InChI=1S/C31H41NO6/c1-30(2,3)38-28(34)12-11-22-7-4-8-24(19-22)23-13-17-32(18-14-23)29(35)25-9-5-10-26(20-25)37-21-27(33)31(36)15-6-16-31/h4-5,7-10,19-20,23,27,33,36H,6,11-18,21H2,1-3H3. The Morgan fingerprint density at radius 1 is 1.08 bits per heavy atom. The number of likely N-dealkylation sites (tertiary alicyclic amines) is 1. The van der Waals surface area contributed by atoms with Crippen LogP contribution in [-0.2, 0) is 16.0 Å². The van der Waals surface area contributed by atoms with Crippen molar-refractivity contribution in [1.82, 2.24) is 4.90 Å². The first kappa shape index (κ1) is 28.1. The third-order valence-corrected chi connectivity index (χ3v) is 7.57. The Kier molecular flexibility index (Phi) is 8.78. The van der Waals surface area contributed by atoms with Gasteiger partial charge in [0.25, 0.3) is 5.91 Å². The molecule has 1 saturated carbocycles. The highest BCUT2D eigenvalue weighted by atomic mass is 16.6. The van der Waals surface area contributed by atoms with Crippen molar-refractivity contribution in [2.24, 2.45) is 0 Å². The zero-order valence-corrected chi connectivity index (χ0v) is 22.8. The number of amides is 1. The fraction of sp³-hybridized carbons (Fsp3) is 0.548. The molecule has 1 saturated heterocycles. The molecule has 0 aromatic heterocycles. The highest BCUT2D eigenvalue weighted by Crippen LogP contribution is 2.35. The fourth-order valence-corrected chi connectivity index (χ4v) is 5.16. The minimum absolute atomic E-state index is 0.00360. The van der Waals surface area contributed by atoms with Gasteiger partial charge in [-0.2, -0.15) is 0 Å². The molecule has 206 valence electrons. The lowest BCUT2D eigenvalue weighted by atomic mass is 9.76. The molecule has 2 aromatic carbocycles. The average Bonchev–Trinajstić information content (AvgIpc) is 2.88. The summed E-state index contributed by atoms with van der Waals surface area (Å²) < 4.78 is 11.1. The molecule has 1 aliphatic heterocycles. The number of aliphatic hydroxyl groups is 2. The molecule has 7 heteroatoms. The number of nitrogens with zero attached hydrogens (tertiary/aromatic N) is 1. The van der Waals surface area contributed by atoms with Gasteiger partial charge in [-0.25, -0.2) is 0 Å². The van der Waals surface area contributed by atoms with Crippen molar-refractivity contribution in [2.45, 2.75) is 88.9 Å². The van der Waals surface area contributed by atoms with Crippen LogP contribution >= 0.6 is 0 Å². The summed E-state index contributed by atoms with van der Waals surface area (Å²) in [6.45, 7) is 6.96. The monoisotopic (exact) mass is 523 g/mol. The molecule has 1 aliphatic carbocycles. The largest absolute Gasteiger partial charge is 0.491 e. The third kappa shape index (κ3) is 7.35. The summed E-state index contributed by atoms with van der Waals surface area (Å²) >= 11 is 0. The normalized spacial score (nSPS) is 18.4. The number of hydrogen-bond acceptors (Lipinski definition) is 6. The fourth-order valence-electron chi connectivity index (χ4n) is 5.16. The van der Waals surface area contributed by atoms with E-state index in [1.807, 2.05) is 37.8 Å². The van der Waals surface area contributed by atoms with Crippen LogP contribution in [-0.4, -0.2) is 64.0 Å². The summed E-state index contributed by atoms with van der Waals surface area (Å²) in [4.78, 5) is 27.2. The van der Waals surface area contributed by atoms with Gasteiger partial charge in [-0.1, -0.05) is 30.3 Å². The highest BCUT2D eigenvalue weighted by molar-refractivity contribution is 5.94. The average molecular weight is 524 g/mol. The highest BCUT2D eigenvalue weighted by Gasteiger charge is 2.41. The van der Waals surface area contributed by atoms with Gasteiger partial charge in [0.2, 0.25) is 0 Å². The van der Waals surface area contributed by atoms with Crippen molar-refractivity contribution < 1.29 is 29.3 Å². The van der Waals surface area contributed by atoms with Crippen molar-refractivity contribution in [1.29, 1.82) is 0 Å². The van der Waals surface area contributed by atoms with Gasteiger partial charge in [-0.3, -0.25) is 9.59 Å². The van der Waals surface area contributed by atoms with Gasteiger partial charge in [-0.05, 0) is 94.5 Å². The van der Waals surface area contributed by atoms with Gasteiger partial charge < -0.3 is 24.6 Å². The molecule has 0 radical (unpaired) electrons. The van der Waals surface area contributed by atoms with E-state index in [1.54, 1.807) is 24.3 Å². The quantitative estimate of drug-likeness (QED) is 0.465. The molecule has 1 atom stereocenters. The number of esters is 1. The van der Waals surface area contributed by atoms with Crippen molar-refractivity contribution in [3.63, 3.8) is 0 Å². The topological polar surface area (TPSA) is 96.3 Å². The van der Waals surface area contributed by atoms with E-state index >= 15 is 0 Å². The molecule has 7 nitrogen and oxygen atoms in total. The van der Waals surface area contributed by atoms with E-state index < -0.39 is 17.3 Å². The predicted octanol–water partition coefficient (Wildman–Crippen LogP) is 4.64. The van der Waals surface area contributed by atoms with Gasteiger partial charge >= 0.3 is 5.97 Å². The van der Waals surface area contributed by atoms with Crippen molar-refractivity contribution in [2.75, 3.05) is 19.7 Å². The van der Waals surface area contributed by atoms with Crippen LogP contribution in [0.3, 0.4) is 0 Å².